The smallest absolute Gasteiger partial charge is 0.387 e. The molecule has 0 fully saturated rings. The monoisotopic (exact) mass is 552 g/mol. The van der Waals surface area contributed by atoms with E-state index >= 15 is 0 Å². The number of furan rings is 1. The molecule has 0 aliphatic heterocycles. The second-order valence-corrected chi connectivity index (χ2v) is 6.80. The van der Waals surface area contributed by atoms with Gasteiger partial charge in [-0.25, -0.2) is 0 Å². The van der Waals surface area contributed by atoms with Crippen LogP contribution in [0.5, 0.6) is 11.5 Å². The Kier molecular flexibility index (Phi) is 12.2. The van der Waals surface area contributed by atoms with Gasteiger partial charge in [-0.2, -0.15) is 8.78 Å². The molecule has 0 aliphatic rings. The van der Waals surface area contributed by atoms with Crippen LogP contribution in [0.25, 0.3) is 0 Å². The predicted molar refractivity (Wildman–Crippen MR) is 128 cm³/mol. The van der Waals surface area contributed by atoms with Crippen molar-refractivity contribution in [2.75, 3.05) is 34.3 Å². The molecule has 2 N–H and O–H groups in total. The van der Waals surface area contributed by atoms with Crippen molar-refractivity contribution in [1.29, 1.82) is 0 Å². The van der Waals surface area contributed by atoms with Gasteiger partial charge in [0.15, 0.2) is 5.96 Å². The first-order valence-corrected chi connectivity index (χ1v) is 9.79. The molecule has 0 saturated heterocycles. The van der Waals surface area contributed by atoms with Crippen molar-refractivity contribution in [3.05, 3.63) is 47.9 Å². The van der Waals surface area contributed by atoms with Gasteiger partial charge in [-0.3, -0.25) is 9.89 Å². The molecule has 7 nitrogen and oxygen atoms in total. The molecule has 0 bridgehead atoms. The number of halogens is 3. The van der Waals surface area contributed by atoms with Crippen LogP contribution in [0, 0.1) is 0 Å². The van der Waals surface area contributed by atoms with Gasteiger partial charge in [0.1, 0.15) is 17.3 Å². The Labute approximate surface area is 199 Å². The molecule has 1 unspecified atom stereocenters. The van der Waals surface area contributed by atoms with Crippen LogP contribution in [0.1, 0.15) is 30.7 Å². The minimum atomic E-state index is -2.92. The summed E-state index contributed by atoms with van der Waals surface area (Å²) in [5, 5.41) is 6.36. The maximum Gasteiger partial charge on any atom is 0.387 e. The average Bonchev–Trinajstić information content (AvgIpc) is 3.23. The van der Waals surface area contributed by atoms with Crippen LogP contribution in [-0.2, 0) is 6.54 Å². The first kappa shape index (κ1) is 27.0. The minimum absolute atomic E-state index is 0. The van der Waals surface area contributed by atoms with Gasteiger partial charge in [-0.15, -0.1) is 24.0 Å². The van der Waals surface area contributed by atoms with Gasteiger partial charge in [0.05, 0.1) is 18.9 Å². The van der Waals surface area contributed by atoms with Crippen molar-refractivity contribution in [1.82, 2.24) is 15.5 Å². The van der Waals surface area contributed by atoms with Crippen molar-refractivity contribution in [2.24, 2.45) is 4.99 Å². The summed E-state index contributed by atoms with van der Waals surface area (Å²) in [6.07, 6.45) is 2.46. The van der Waals surface area contributed by atoms with E-state index in [2.05, 4.69) is 20.4 Å². The SMILES string of the molecule is CCCOc1ccc(CNC(=NC)NCC(c2ccco2)N(C)C)c(OC(F)F)c1.I. The number of nitrogens with zero attached hydrogens (tertiary/aromatic N) is 2. The fourth-order valence-electron chi connectivity index (χ4n) is 2.81. The number of rotatable bonds is 11. The van der Waals surface area contributed by atoms with Crippen molar-refractivity contribution in [3.8, 4) is 11.5 Å². The van der Waals surface area contributed by atoms with E-state index in [0.717, 1.165) is 12.2 Å². The zero-order valence-electron chi connectivity index (χ0n) is 18.2. The second-order valence-electron chi connectivity index (χ2n) is 6.80. The summed E-state index contributed by atoms with van der Waals surface area (Å²) >= 11 is 0. The lowest BCUT2D eigenvalue weighted by Gasteiger charge is -2.24. The molecule has 1 aromatic heterocycles. The topological polar surface area (TPSA) is 71.3 Å². The molecule has 31 heavy (non-hydrogen) atoms. The Morgan fingerprint density at radius 2 is 2.00 bits per heavy atom. The lowest BCUT2D eigenvalue weighted by Crippen LogP contribution is -2.41. The molecule has 2 aromatic rings. The Hall–Kier alpha value is -2.08. The minimum Gasteiger partial charge on any atom is -0.493 e. The number of benzene rings is 1. The van der Waals surface area contributed by atoms with Crippen LogP contribution in [0.2, 0.25) is 0 Å². The fraction of sp³-hybridized carbons (Fsp3) is 0.476. The molecular weight excluding hydrogens is 521 g/mol. The summed E-state index contributed by atoms with van der Waals surface area (Å²) in [4.78, 5) is 6.23. The highest BCUT2D eigenvalue weighted by molar-refractivity contribution is 14.0. The Morgan fingerprint density at radius 1 is 1.23 bits per heavy atom. The van der Waals surface area contributed by atoms with Crippen molar-refractivity contribution >= 4 is 29.9 Å². The average molecular weight is 552 g/mol. The summed E-state index contributed by atoms with van der Waals surface area (Å²) in [6.45, 7) is 0.357. The Balaban J connectivity index is 0.00000480. The van der Waals surface area contributed by atoms with E-state index in [-0.39, 0.29) is 42.3 Å². The first-order chi connectivity index (χ1) is 14.4. The lowest BCUT2D eigenvalue weighted by atomic mass is 10.2. The second kappa shape index (κ2) is 14.1. The Bertz CT molecular complexity index is 789. The maximum absolute atomic E-state index is 12.8. The van der Waals surface area contributed by atoms with Crippen LogP contribution in [0.3, 0.4) is 0 Å². The van der Waals surface area contributed by atoms with E-state index in [1.807, 2.05) is 38.1 Å². The Morgan fingerprint density at radius 3 is 2.58 bits per heavy atom. The quantitative estimate of drug-likeness (QED) is 0.247. The number of likely N-dealkylation sites (N-methyl/N-ethyl adjacent to an activating group) is 1. The molecule has 10 heteroatoms. The number of guanidine groups is 1. The van der Waals surface area contributed by atoms with Gasteiger partial charge in [0.25, 0.3) is 0 Å². The van der Waals surface area contributed by atoms with Gasteiger partial charge in [0.2, 0.25) is 0 Å². The molecule has 1 aromatic carbocycles. The van der Waals surface area contributed by atoms with Crippen LogP contribution < -0.4 is 20.1 Å². The zero-order valence-corrected chi connectivity index (χ0v) is 20.6. The third kappa shape index (κ3) is 8.90. The van der Waals surface area contributed by atoms with Gasteiger partial charge in [-0.05, 0) is 44.8 Å². The highest BCUT2D eigenvalue weighted by atomic mass is 127. The lowest BCUT2D eigenvalue weighted by molar-refractivity contribution is -0.0505. The number of ether oxygens (including phenoxy) is 2. The largest absolute Gasteiger partial charge is 0.493 e. The zero-order chi connectivity index (χ0) is 21.9. The number of nitrogens with one attached hydrogen (secondary N) is 2. The van der Waals surface area contributed by atoms with E-state index in [1.54, 1.807) is 25.4 Å². The molecule has 1 heterocycles. The molecule has 0 radical (unpaired) electrons. The summed E-state index contributed by atoms with van der Waals surface area (Å²) in [5.74, 6) is 1.93. The third-order valence-corrected chi connectivity index (χ3v) is 4.36. The summed E-state index contributed by atoms with van der Waals surface area (Å²) < 4.78 is 41.4. The van der Waals surface area contributed by atoms with Crippen molar-refractivity contribution < 1.29 is 22.7 Å². The normalized spacial score (nSPS) is 12.5. The maximum atomic E-state index is 12.8. The first-order valence-electron chi connectivity index (χ1n) is 9.79. The molecular formula is C21H31F2IN4O3. The predicted octanol–water partition coefficient (Wildman–Crippen LogP) is 4.26. The highest BCUT2D eigenvalue weighted by Gasteiger charge is 2.17. The van der Waals surface area contributed by atoms with Gasteiger partial charge >= 0.3 is 6.61 Å². The van der Waals surface area contributed by atoms with Crippen LogP contribution >= 0.6 is 24.0 Å². The molecule has 0 aliphatic carbocycles. The van der Waals surface area contributed by atoms with Crippen LogP contribution in [0.15, 0.2) is 46.0 Å². The third-order valence-electron chi connectivity index (χ3n) is 4.36. The molecule has 174 valence electrons. The van der Waals surface area contributed by atoms with Gasteiger partial charge in [0, 0.05) is 31.8 Å². The molecule has 0 spiro atoms. The van der Waals surface area contributed by atoms with E-state index < -0.39 is 6.61 Å². The fourth-order valence-corrected chi connectivity index (χ4v) is 2.81. The molecule has 0 saturated carbocycles. The van der Waals surface area contributed by atoms with E-state index in [4.69, 9.17) is 9.15 Å². The summed E-state index contributed by atoms with van der Waals surface area (Å²) in [7, 11) is 5.56. The number of aliphatic imine (C=N–C) groups is 1. The number of hydrogen-bond acceptors (Lipinski definition) is 5. The standard InChI is InChI=1S/C21H30F2N4O3.HI/c1-5-10-28-16-9-8-15(19(12-16)30-20(22)23)13-25-21(24-2)26-14-17(27(3)4)18-7-6-11-29-18;/h6-9,11-12,17,20H,5,10,13-14H2,1-4H3,(H2,24,25,26);1H. The van der Waals surface area contributed by atoms with Crippen LogP contribution in [-0.4, -0.2) is 51.8 Å². The summed E-state index contributed by atoms with van der Waals surface area (Å²) in [6, 6.07) is 8.69. The van der Waals surface area contributed by atoms with Gasteiger partial charge < -0.3 is 24.5 Å². The number of hydrogen-bond donors (Lipinski definition) is 2. The van der Waals surface area contributed by atoms with E-state index in [1.165, 1.54) is 6.07 Å². The van der Waals surface area contributed by atoms with Gasteiger partial charge in [-0.1, -0.05) is 6.92 Å². The van der Waals surface area contributed by atoms with E-state index in [0.29, 0.717) is 30.4 Å². The molecule has 2 rings (SSSR count). The molecule has 1 atom stereocenters. The molecule has 0 amide bonds. The van der Waals surface area contributed by atoms with Crippen molar-refractivity contribution in [2.45, 2.75) is 32.5 Å². The van der Waals surface area contributed by atoms with Crippen molar-refractivity contribution in [3.63, 3.8) is 0 Å². The van der Waals surface area contributed by atoms with E-state index in [9.17, 15) is 8.78 Å². The van der Waals surface area contributed by atoms with Crippen LogP contribution in [0.4, 0.5) is 8.78 Å². The number of alkyl halides is 2. The highest BCUT2D eigenvalue weighted by Crippen LogP contribution is 2.26. The summed E-state index contributed by atoms with van der Waals surface area (Å²) in [5.41, 5.74) is 0.567.